The minimum absolute atomic E-state index is 0.141. The lowest BCUT2D eigenvalue weighted by molar-refractivity contribution is -0.120. The maximum atomic E-state index is 13.6. The molecule has 2 heterocycles. The Morgan fingerprint density at radius 1 is 1.65 bits per heavy atom. The Morgan fingerprint density at radius 2 is 2.41 bits per heavy atom. The minimum Gasteiger partial charge on any atom is -0.357 e. The fourth-order valence-corrected chi connectivity index (χ4v) is 2.46. The predicted molar refractivity (Wildman–Crippen MR) is 65.2 cm³/mol. The molecule has 0 bridgehead atoms. The first-order valence-electron chi connectivity index (χ1n) is 5.12. The number of halogens is 3. The van der Waals surface area contributed by atoms with Gasteiger partial charge >= 0.3 is 0 Å². The number of likely N-dealkylation sites (tertiary alicyclic amines) is 1. The highest BCUT2D eigenvalue weighted by Crippen LogP contribution is 2.31. The standard InChI is InChI=1S/C10H11F2IN2O2/c11-10(12)6-15(5-3-8(10)17-13)9(16)7-2-1-4-14-7/h1-2,4,8,14H,3,5-6H2. The summed E-state index contributed by atoms with van der Waals surface area (Å²) in [6, 6.07) is 3.23. The Kier molecular flexibility index (Phi) is 3.67. The van der Waals surface area contributed by atoms with E-state index in [1.54, 1.807) is 18.3 Å². The molecule has 0 radical (unpaired) electrons. The molecular formula is C10H11F2IN2O2. The summed E-state index contributed by atoms with van der Waals surface area (Å²) in [7, 11) is 0. The molecular weight excluding hydrogens is 345 g/mol. The van der Waals surface area contributed by atoms with Crippen LogP contribution in [0.4, 0.5) is 8.78 Å². The molecule has 1 atom stereocenters. The van der Waals surface area contributed by atoms with Crippen molar-refractivity contribution < 1.29 is 16.6 Å². The Morgan fingerprint density at radius 3 is 2.94 bits per heavy atom. The number of H-pyrrole nitrogens is 1. The van der Waals surface area contributed by atoms with Gasteiger partial charge in [-0.15, -0.1) is 0 Å². The Balaban J connectivity index is 2.08. The molecule has 2 rings (SSSR count). The summed E-state index contributed by atoms with van der Waals surface area (Å²) in [5, 5.41) is 0. The van der Waals surface area contributed by atoms with Crippen LogP contribution >= 0.6 is 23.0 Å². The molecule has 1 unspecified atom stereocenters. The van der Waals surface area contributed by atoms with Gasteiger partial charge in [0.15, 0.2) is 0 Å². The van der Waals surface area contributed by atoms with Gasteiger partial charge in [0.05, 0.1) is 6.54 Å². The lowest BCUT2D eigenvalue weighted by Gasteiger charge is -2.36. The summed E-state index contributed by atoms with van der Waals surface area (Å²) in [5.74, 6) is -3.40. The molecule has 1 saturated heterocycles. The van der Waals surface area contributed by atoms with Crippen molar-refractivity contribution in [2.75, 3.05) is 13.1 Å². The van der Waals surface area contributed by atoms with Crippen LogP contribution in [0.2, 0.25) is 0 Å². The zero-order chi connectivity index (χ0) is 12.5. The monoisotopic (exact) mass is 356 g/mol. The van der Waals surface area contributed by atoms with Crippen molar-refractivity contribution in [3.63, 3.8) is 0 Å². The van der Waals surface area contributed by atoms with Gasteiger partial charge in [-0.25, -0.2) is 8.78 Å². The fourth-order valence-electron chi connectivity index (χ4n) is 1.84. The Labute approximate surface area is 111 Å². The van der Waals surface area contributed by atoms with E-state index in [1.807, 2.05) is 0 Å². The average Bonchev–Trinajstić information content (AvgIpc) is 2.80. The number of alkyl halides is 2. The molecule has 0 saturated carbocycles. The van der Waals surface area contributed by atoms with Crippen molar-refractivity contribution in [1.82, 2.24) is 9.88 Å². The fraction of sp³-hybridized carbons (Fsp3) is 0.500. The van der Waals surface area contributed by atoms with E-state index in [4.69, 9.17) is 3.07 Å². The van der Waals surface area contributed by atoms with Crippen molar-refractivity contribution in [2.45, 2.75) is 18.4 Å². The number of hydrogen-bond acceptors (Lipinski definition) is 2. The molecule has 0 aliphatic carbocycles. The number of piperidine rings is 1. The first-order chi connectivity index (χ1) is 8.04. The van der Waals surface area contributed by atoms with E-state index in [9.17, 15) is 13.6 Å². The van der Waals surface area contributed by atoms with Crippen molar-refractivity contribution in [3.8, 4) is 0 Å². The van der Waals surface area contributed by atoms with E-state index in [-0.39, 0.29) is 13.0 Å². The summed E-state index contributed by atoms with van der Waals surface area (Å²) >= 11 is 1.48. The van der Waals surface area contributed by atoms with Crippen molar-refractivity contribution >= 4 is 28.9 Å². The van der Waals surface area contributed by atoms with E-state index in [2.05, 4.69) is 4.98 Å². The number of hydrogen-bond donors (Lipinski definition) is 1. The molecule has 1 amide bonds. The van der Waals surface area contributed by atoms with E-state index in [1.165, 1.54) is 23.0 Å². The van der Waals surface area contributed by atoms with E-state index in [0.29, 0.717) is 5.69 Å². The van der Waals surface area contributed by atoms with Crippen molar-refractivity contribution in [2.24, 2.45) is 0 Å². The first-order valence-corrected chi connectivity index (χ1v) is 6.00. The summed E-state index contributed by atoms with van der Waals surface area (Å²) in [6.45, 7) is -0.320. The summed E-state index contributed by atoms with van der Waals surface area (Å²) in [4.78, 5) is 15.7. The normalized spacial score (nSPS) is 23.7. The summed E-state index contributed by atoms with van der Waals surface area (Å²) < 4.78 is 31.9. The van der Waals surface area contributed by atoms with Crippen LogP contribution in [0.5, 0.6) is 0 Å². The predicted octanol–water partition coefficient (Wildman–Crippen LogP) is 2.23. The lowest BCUT2D eigenvalue weighted by atomic mass is 10.0. The number of nitrogens with zero attached hydrogens (tertiary/aromatic N) is 1. The molecule has 1 N–H and O–H groups in total. The third-order valence-electron chi connectivity index (χ3n) is 2.76. The van der Waals surface area contributed by atoms with E-state index >= 15 is 0 Å². The quantitative estimate of drug-likeness (QED) is 0.827. The van der Waals surface area contributed by atoms with Crippen LogP contribution in [0.25, 0.3) is 0 Å². The van der Waals surface area contributed by atoms with Crippen LogP contribution < -0.4 is 0 Å². The molecule has 0 aromatic carbocycles. The molecule has 7 heteroatoms. The van der Waals surface area contributed by atoms with E-state index < -0.39 is 24.5 Å². The van der Waals surface area contributed by atoms with Crippen molar-refractivity contribution in [1.29, 1.82) is 0 Å². The van der Waals surface area contributed by atoms with Gasteiger partial charge in [-0.2, -0.15) is 0 Å². The number of aromatic amines is 1. The maximum absolute atomic E-state index is 13.6. The molecule has 4 nitrogen and oxygen atoms in total. The smallest absolute Gasteiger partial charge is 0.291 e. The van der Waals surface area contributed by atoms with Gasteiger partial charge in [0.25, 0.3) is 11.8 Å². The number of carbonyl (C=O) groups excluding carboxylic acids is 1. The molecule has 1 aromatic rings. The second-order valence-corrected chi connectivity index (χ2v) is 4.45. The van der Waals surface area contributed by atoms with Gasteiger partial charge in [0.1, 0.15) is 34.8 Å². The maximum Gasteiger partial charge on any atom is 0.291 e. The number of rotatable bonds is 2. The van der Waals surface area contributed by atoms with Crippen molar-refractivity contribution in [3.05, 3.63) is 24.0 Å². The summed E-state index contributed by atoms with van der Waals surface area (Å²) in [5.41, 5.74) is 0.328. The minimum atomic E-state index is -3.00. The topological polar surface area (TPSA) is 45.3 Å². The van der Waals surface area contributed by atoms with Gasteiger partial charge in [0.2, 0.25) is 0 Å². The first kappa shape index (κ1) is 12.7. The SMILES string of the molecule is O=C(c1ccc[nH]1)N1CCC(OI)C(F)(F)C1. The molecule has 1 aliphatic rings. The second kappa shape index (κ2) is 4.89. The highest BCUT2D eigenvalue weighted by Gasteiger charge is 2.46. The van der Waals surface area contributed by atoms with Crippen LogP contribution in [0.15, 0.2) is 18.3 Å². The number of aromatic nitrogens is 1. The lowest BCUT2D eigenvalue weighted by Crippen LogP contribution is -2.53. The van der Waals surface area contributed by atoms with Crippen LogP contribution in [-0.2, 0) is 3.07 Å². The van der Waals surface area contributed by atoms with Gasteiger partial charge in [-0.3, -0.25) is 4.79 Å². The highest BCUT2D eigenvalue weighted by molar-refractivity contribution is 14.1. The van der Waals surface area contributed by atoms with Crippen LogP contribution in [0, 0.1) is 0 Å². The zero-order valence-corrected chi connectivity index (χ0v) is 11.0. The molecule has 1 fully saturated rings. The zero-order valence-electron chi connectivity index (χ0n) is 8.83. The highest BCUT2D eigenvalue weighted by atomic mass is 127. The Hall–Kier alpha value is -0.700. The largest absolute Gasteiger partial charge is 0.357 e. The average molecular weight is 356 g/mol. The molecule has 0 spiro atoms. The molecule has 1 aromatic heterocycles. The third-order valence-corrected chi connectivity index (χ3v) is 3.37. The van der Waals surface area contributed by atoms with E-state index in [0.717, 1.165) is 4.90 Å². The third kappa shape index (κ3) is 2.59. The van der Waals surface area contributed by atoms with Gasteiger partial charge < -0.3 is 13.0 Å². The Bertz CT molecular complexity index is 397. The van der Waals surface area contributed by atoms with Gasteiger partial charge in [-0.05, 0) is 18.6 Å². The van der Waals surface area contributed by atoms with Crippen LogP contribution in [-0.4, -0.2) is 40.9 Å². The number of carbonyl (C=O) groups is 1. The summed E-state index contributed by atoms with van der Waals surface area (Å²) in [6.07, 6.45) is 0.616. The second-order valence-electron chi connectivity index (χ2n) is 3.94. The molecule has 17 heavy (non-hydrogen) atoms. The number of nitrogens with one attached hydrogen (secondary N) is 1. The van der Waals surface area contributed by atoms with Gasteiger partial charge in [0, 0.05) is 12.7 Å². The molecule has 1 aliphatic heterocycles. The molecule has 94 valence electrons. The van der Waals surface area contributed by atoms with Gasteiger partial charge in [-0.1, -0.05) is 0 Å². The van der Waals surface area contributed by atoms with Crippen LogP contribution in [0.1, 0.15) is 16.9 Å². The number of amides is 1. The van der Waals surface area contributed by atoms with Crippen LogP contribution in [0.3, 0.4) is 0 Å².